The first-order valence-corrected chi connectivity index (χ1v) is 14.9. The Hall–Kier alpha value is -4.81. The van der Waals surface area contributed by atoms with E-state index < -0.39 is 29.7 Å². The predicted octanol–water partition coefficient (Wildman–Crippen LogP) is 4.47. The van der Waals surface area contributed by atoms with Gasteiger partial charge in [0.1, 0.15) is 23.9 Å². The summed E-state index contributed by atoms with van der Waals surface area (Å²) in [4.78, 5) is 38.5. The van der Waals surface area contributed by atoms with E-state index >= 15 is 0 Å². The zero-order valence-corrected chi connectivity index (χ0v) is 27.8. The van der Waals surface area contributed by atoms with Gasteiger partial charge in [0, 0.05) is 5.56 Å². The molecule has 0 radical (unpaired) electrons. The lowest BCUT2D eigenvalue weighted by Gasteiger charge is -2.24. The molecule has 4 rings (SSSR count). The van der Waals surface area contributed by atoms with E-state index in [1.54, 1.807) is 71.8 Å². The molecule has 3 aromatic rings. The van der Waals surface area contributed by atoms with E-state index in [0.29, 0.717) is 41.3 Å². The number of amides is 1. The van der Waals surface area contributed by atoms with Gasteiger partial charge < -0.3 is 33.7 Å². The Bertz CT molecular complexity index is 1650. The van der Waals surface area contributed by atoms with Crippen molar-refractivity contribution in [2.75, 3.05) is 28.4 Å². The molecule has 0 saturated carbocycles. The molecular weight excluding hydrogens is 596 g/mol. The third-order valence-electron chi connectivity index (χ3n) is 7.52. The topological polar surface area (TPSA) is 149 Å². The lowest BCUT2D eigenvalue weighted by Crippen LogP contribution is -2.47. The molecule has 248 valence electrons. The maximum atomic E-state index is 13.2. The molecule has 2 atom stereocenters. The number of methoxy groups -OCH3 is 4. The molecule has 13 heteroatoms. The molecule has 0 aliphatic heterocycles. The molecule has 13 nitrogen and oxygen atoms in total. The van der Waals surface area contributed by atoms with Gasteiger partial charge >= 0.3 is 12.1 Å². The van der Waals surface area contributed by atoms with Gasteiger partial charge in [0.2, 0.25) is 11.2 Å². The molecule has 1 aliphatic rings. The molecule has 1 aromatic heterocycles. The van der Waals surface area contributed by atoms with Gasteiger partial charge in [-0.05, 0) is 74.4 Å². The first-order valence-electron chi connectivity index (χ1n) is 14.9. The molecule has 46 heavy (non-hydrogen) atoms. The van der Waals surface area contributed by atoms with Crippen LogP contribution in [0, 0.1) is 5.92 Å². The highest BCUT2D eigenvalue weighted by molar-refractivity contribution is 5.83. The average molecular weight is 639 g/mol. The number of benzene rings is 1. The Morgan fingerprint density at radius 2 is 1.70 bits per heavy atom. The van der Waals surface area contributed by atoms with Crippen LogP contribution in [0.3, 0.4) is 0 Å². The number of fused-ring (bicyclic) bond motifs is 3. The third kappa shape index (κ3) is 7.35. The van der Waals surface area contributed by atoms with E-state index in [0.717, 1.165) is 16.7 Å². The second kappa shape index (κ2) is 14.1. The molecule has 1 heterocycles. The summed E-state index contributed by atoms with van der Waals surface area (Å²) in [5.41, 5.74) is 2.47. The largest absolute Gasteiger partial charge is 0.493 e. The molecule has 0 spiro atoms. The summed E-state index contributed by atoms with van der Waals surface area (Å²) in [5.74, 6) is 0.718. The number of aryl methyl sites for hydroxylation is 1. The van der Waals surface area contributed by atoms with Crippen LogP contribution in [0.2, 0.25) is 0 Å². The van der Waals surface area contributed by atoms with Crippen LogP contribution in [0.25, 0.3) is 11.1 Å². The summed E-state index contributed by atoms with van der Waals surface area (Å²) in [5, 5.41) is 11.2. The number of aromatic nitrogens is 3. The number of nitrogens with zero attached hydrogens (tertiary/aromatic N) is 3. The summed E-state index contributed by atoms with van der Waals surface area (Å²) in [6, 6.07) is 5.56. The number of alkyl carbamates (subject to hydrolysis) is 1. The van der Waals surface area contributed by atoms with Gasteiger partial charge in [-0.1, -0.05) is 25.1 Å². The minimum Gasteiger partial charge on any atom is -0.493 e. The Morgan fingerprint density at radius 3 is 2.30 bits per heavy atom. The highest BCUT2D eigenvalue weighted by Crippen LogP contribution is 2.50. The van der Waals surface area contributed by atoms with Gasteiger partial charge in [0.15, 0.2) is 17.2 Å². The molecular formula is C33H42N4O9. The number of carbonyl (C=O) groups excluding carboxylic acids is 2. The Morgan fingerprint density at radius 1 is 1.00 bits per heavy atom. The summed E-state index contributed by atoms with van der Waals surface area (Å²) in [7, 11) is 6.10. The number of esters is 1. The molecule has 1 aliphatic carbocycles. The first kappa shape index (κ1) is 34.1. The van der Waals surface area contributed by atoms with E-state index in [-0.39, 0.29) is 23.7 Å². The minimum atomic E-state index is -0.924. The molecule has 0 unspecified atom stereocenters. The molecule has 2 aromatic carbocycles. The van der Waals surface area contributed by atoms with E-state index in [4.69, 9.17) is 28.4 Å². The second-order valence-corrected chi connectivity index (χ2v) is 12.2. The summed E-state index contributed by atoms with van der Waals surface area (Å²) >= 11 is 0. The zero-order chi connectivity index (χ0) is 33.8. The molecule has 0 fully saturated rings. The van der Waals surface area contributed by atoms with E-state index in [9.17, 15) is 14.4 Å². The van der Waals surface area contributed by atoms with Gasteiger partial charge in [-0.3, -0.25) is 4.79 Å². The monoisotopic (exact) mass is 638 g/mol. The highest BCUT2D eigenvalue weighted by atomic mass is 16.6. The lowest BCUT2D eigenvalue weighted by molar-refractivity contribution is -0.148. The van der Waals surface area contributed by atoms with Crippen molar-refractivity contribution in [1.29, 1.82) is 0 Å². The van der Waals surface area contributed by atoms with Crippen LogP contribution in [0.4, 0.5) is 4.79 Å². The van der Waals surface area contributed by atoms with Crippen LogP contribution in [0.15, 0.2) is 35.3 Å². The fourth-order valence-electron chi connectivity index (χ4n) is 5.42. The van der Waals surface area contributed by atoms with Gasteiger partial charge in [-0.25, -0.2) is 14.3 Å². The quantitative estimate of drug-likeness (QED) is 0.314. The summed E-state index contributed by atoms with van der Waals surface area (Å²) < 4.78 is 35.0. The zero-order valence-electron chi connectivity index (χ0n) is 27.8. The second-order valence-electron chi connectivity index (χ2n) is 12.2. The molecule has 1 amide bonds. The van der Waals surface area contributed by atoms with Gasteiger partial charge in [0.05, 0.1) is 40.7 Å². The maximum Gasteiger partial charge on any atom is 0.408 e. The summed E-state index contributed by atoms with van der Waals surface area (Å²) in [6.07, 6.45) is 2.09. The third-order valence-corrected chi connectivity index (χ3v) is 7.52. The Labute approximate surface area is 268 Å². The van der Waals surface area contributed by atoms with Gasteiger partial charge in [-0.15, -0.1) is 5.10 Å². The Kier molecular flexibility index (Phi) is 10.4. The summed E-state index contributed by atoms with van der Waals surface area (Å²) in [6.45, 7) is 8.62. The van der Waals surface area contributed by atoms with E-state index in [1.807, 2.05) is 12.1 Å². The van der Waals surface area contributed by atoms with Crippen molar-refractivity contribution in [2.24, 2.45) is 5.92 Å². The highest BCUT2D eigenvalue weighted by Gasteiger charge is 2.31. The molecule has 1 N–H and O–H groups in total. The minimum absolute atomic E-state index is 0.177. The maximum absolute atomic E-state index is 13.2. The lowest BCUT2D eigenvalue weighted by atomic mass is 9.95. The smallest absolute Gasteiger partial charge is 0.408 e. The predicted molar refractivity (Wildman–Crippen MR) is 169 cm³/mol. The van der Waals surface area contributed by atoms with Crippen molar-refractivity contribution in [3.63, 3.8) is 0 Å². The van der Waals surface area contributed by atoms with Crippen molar-refractivity contribution in [3.05, 3.63) is 57.5 Å². The fourth-order valence-corrected chi connectivity index (χ4v) is 5.42. The number of carbonyl (C=O) groups is 2. The van der Waals surface area contributed by atoms with Crippen molar-refractivity contribution < 1.29 is 38.0 Å². The van der Waals surface area contributed by atoms with Crippen LogP contribution < -0.4 is 29.7 Å². The average Bonchev–Trinajstić information content (AvgIpc) is 3.33. The standard InChI is InChI=1S/C33H42N4O9/c1-18(2)28(34-32(40)46-33(3,4)5)31(39)45-17-20-16-37(36-35-20)23-12-10-19-14-26(42-7)29(43-8)30(44-9)27(19)21-11-13-25(41-6)24(38)15-22(21)23/h11,13-16,18,23,28H,10,12,17H2,1-9H3,(H,34,40)/t23-,28-/m0/s1. The van der Waals surface area contributed by atoms with Crippen molar-refractivity contribution >= 4 is 12.1 Å². The number of ether oxygens (including phenoxy) is 6. The van der Waals surface area contributed by atoms with Crippen LogP contribution in [-0.2, 0) is 27.3 Å². The van der Waals surface area contributed by atoms with Crippen molar-refractivity contribution in [1.82, 2.24) is 20.3 Å². The van der Waals surface area contributed by atoms with E-state index in [2.05, 4.69) is 15.6 Å². The molecule has 0 bridgehead atoms. The first-order chi connectivity index (χ1) is 21.8. The van der Waals surface area contributed by atoms with Crippen LogP contribution in [0.1, 0.15) is 63.9 Å². The van der Waals surface area contributed by atoms with Crippen LogP contribution in [-0.4, -0.2) is 67.1 Å². The number of hydrogen-bond acceptors (Lipinski definition) is 11. The number of rotatable bonds is 10. The van der Waals surface area contributed by atoms with Crippen LogP contribution in [0.5, 0.6) is 23.0 Å². The van der Waals surface area contributed by atoms with Crippen molar-refractivity contribution in [2.45, 2.75) is 71.8 Å². The van der Waals surface area contributed by atoms with Crippen molar-refractivity contribution in [3.8, 4) is 34.1 Å². The SMILES string of the molecule is COc1cc2c(c(OC)c1OC)-c1ccc(OC)c(=O)cc1[C@@H](n1cc(COC(=O)[C@@H](NC(=O)OC(C)(C)C)C(C)C)nn1)CC2. The molecule has 0 saturated heterocycles. The van der Waals surface area contributed by atoms with Crippen LogP contribution >= 0.6 is 0 Å². The number of hydrogen-bond donors (Lipinski definition) is 1. The van der Waals surface area contributed by atoms with Gasteiger partial charge in [-0.2, -0.15) is 0 Å². The normalized spacial score (nSPS) is 14.7. The van der Waals surface area contributed by atoms with Gasteiger partial charge in [0.25, 0.3) is 0 Å². The number of nitrogens with one attached hydrogen (secondary N) is 1. The Balaban J connectivity index is 1.68. The fraction of sp³-hybridized carbons (Fsp3) is 0.485. The van der Waals surface area contributed by atoms with E-state index in [1.165, 1.54) is 14.2 Å².